The molecule has 1 heterocycles. The van der Waals surface area contributed by atoms with Gasteiger partial charge in [-0.15, -0.1) is 10.2 Å². The van der Waals surface area contributed by atoms with E-state index in [-0.39, 0.29) is 5.91 Å². The highest BCUT2D eigenvalue weighted by Gasteiger charge is 2.24. The molecule has 0 aliphatic rings. The van der Waals surface area contributed by atoms with Crippen molar-refractivity contribution in [3.63, 3.8) is 0 Å². The van der Waals surface area contributed by atoms with Crippen molar-refractivity contribution in [1.29, 1.82) is 0 Å². The van der Waals surface area contributed by atoms with Gasteiger partial charge in [-0.25, -0.2) is 0 Å². The largest absolute Gasteiger partial charge is 0.490 e. The second-order valence-electron chi connectivity index (χ2n) is 6.97. The number of carbonyl (C=O) groups excluding carboxylic acids is 1. The maximum Gasteiger partial charge on any atom is 0.277 e. The summed E-state index contributed by atoms with van der Waals surface area (Å²) in [7, 11) is 1.75. The van der Waals surface area contributed by atoms with E-state index < -0.39 is 5.25 Å². The number of hydrogen-bond donors (Lipinski definition) is 0. The lowest BCUT2D eigenvalue weighted by Crippen LogP contribution is -2.33. The van der Waals surface area contributed by atoms with Gasteiger partial charge in [0.15, 0.2) is 11.5 Å². The Labute approximate surface area is 198 Å². The van der Waals surface area contributed by atoms with Gasteiger partial charge in [-0.05, 0) is 52.0 Å². The summed E-state index contributed by atoms with van der Waals surface area (Å²) in [5.41, 5.74) is 1.47. The molecule has 9 heteroatoms. The standard InChI is InChI=1S/C24H29N3O5S/c1-6-29-19-14-17(15-20(30-7-2)21(19)31-8-3)22-25-26-24(32-22)33-16(4)23(28)27(5)18-12-10-9-11-13-18/h9-16H,6-8H2,1-5H3. The van der Waals surface area contributed by atoms with Gasteiger partial charge in [0.2, 0.25) is 17.5 Å². The number of anilines is 1. The van der Waals surface area contributed by atoms with E-state index in [0.717, 1.165) is 5.69 Å². The number of para-hydroxylation sites is 1. The molecule has 8 nitrogen and oxygen atoms in total. The molecule has 0 bridgehead atoms. The predicted octanol–water partition coefficient (Wildman–Crippen LogP) is 5.08. The first-order valence-electron chi connectivity index (χ1n) is 10.9. The van der Waals surface area contributed by atoms with Crippen molar-refractivity contribution in [2.45, 2.75) is 38.2 Å². The van der Waals surface area contributed by atoms with E-state index in [1.807, 2.05) is 58.0 Å². The lowest BCUT2D eigenvalue weighted by Gasteiger charge is -2.20. The Morgan fingerprint density at radius 3 is 2.18 bits per heavy atom. The second kappa shape index (κ2) is 11.6. The van der Waals surface area contributed by atoms with Crippen molar-refractivity contribution < 1.29 is 23.4 Å². The van der Waals surface area contributed by atoms with Gasteiger partial charge in [0, 0.05) is 18.3 Å². The van der Waals surface area contributed by atoms with Crippen molar-refractivity contribution in [2.24, 2.45) is 0 Å². The molecule has 0 fully saturated rings. The fraction of sp³-hybridized carbons (Fsp3) is 0.375. The molecule has 1 aromatic heterocycles. The molecule has 1 atom stereocenters. The lowest BCUT2D eigenvalue weighted by molar-refractivity contribution is -0.117. The summed E-state index contributed by atoms with van der Waals surface area (Å²) in [5.74, 6) is 1.87. The first-order chi connectivity index (χ1) is 16.0. The third-order valence-corrected chi connectivity index (χ3v) is 5.58. The van der Waals surface area contributed by atoms with Crippen LogP contribution in [0.1, 0.15) is 27.7 Å². The van der Waals surface area contributed by atoms with Crippen LogP contribution in [-0.2, 0) is 4.79 Å². The number of thioether (sulfide) groups is 1. The van der Waals surface area contributed by atoms with E-state index in [2.05, 4.69) is 10.2 Å². The molecule has 2 aromatic carbocycles. The summed E-state index contributed by atoms with van der Waals surface area (Å²) in [6.45, 7) is 8.92. The van der Waals surface area contributed by atoms with Crippen LogP contribution in [0.15, 0.2) is 52.1 Å². The summed E-state index contributed by atoms with van der Waals surface area (Å²) < 4.78 is 23.1. The Bertz CT molecular complexity index is 1030. The minimum absolute atomic E-state index is 0.0655. The van der Waals surface area contributed by atoms with E-state index in [1.165, 1.54) is 11.8 Å². The number of hydrogen-bond acceptors (Lipinski definition) is 8. The monoisotopic (exact) mass is 471 g/mol. The molecule has 0 saturated carbocycles. The Morgan fingerprint density at radius 1 is 1.00 bits per heavy atom. The zero-order chi connectivity index (χ0) is 23.8. The molecule has 3 rings (SSSR count). The predicted molar refractivity (Wildman–Crippen MR) is 128 cm³/mol. The number of carbonyl (C=O) groups is 1. The van der Waals surface area contributed by atoms with Crippen molar-refractivity contribution in [3.05, 3.63) is 42.5 Å². The van der Waals surface area contributed by atoms with Crippen LogP contribution in [0.4, 0.5) is 5.69 Å². The summed E-state index contributed by atoms with van der Waals surface area (Å²) in [6.07, 6.45) is 0. The van der Waals surface area contributed by atoms with Gasteiger partial charge in [-0.3, -0.25) is 4.79 Å². The third-order valence-electron chi connectivity index (χ3n) is 4.66. The zero-order valence-corrected chi connectivity index (χ0v) is 20.3. The van der Waals surface area contributed by atoms with Crippen LogP contribution in [0, 0.1) is 0 Å². The smallest absolute Gasteiger partial charge is 0.277 e. The third kappa shape index (κ3) is 5.98. The van der Waals surface area contributed by atoms with E-state index in [9.17, 15) is 4.79 Å². The average molecular weight is 472 g/mol. The van der Waals surface area contributed by atoms with Crippen LogP contribution in [0.2, 0.25) is 0 Å². The molecule has 0 saturated heterocycles. The Kier molecular flexibility index (Phi) is 8.59. The molecular weight excluding hydrogens is 442 g/mol. The van der Waals surface area contributed by atoms with Crippen LogP contribution in [0.3, 0.4) is 0 Å². The van der Waals surface area contributed by atoms with Gasteiger partial charge < -0.3 is 23.5 Å². The minimum atomic E-state index is -0.415. The Morgan fingerprint density at radius 2 is 1.61 bits per heavy atom. The molecule has 0 spiro atoms. The van der Waals surface area contributed by atoms with Gasteiger partial charge in [-0.1, -0.05) is 30.0 Å². The highest BCUT2D eigenvalue weighted by Crippen LogP contribution is 2.42. The van der Waals surface area contributed by atoms with Crippen molar-refractivity contribution in [1.82, 2.24) is 10.2 Å². The van der Waals surface area contributed by atoms with Gasteiger partial charge in [-0.2, -0.15) is 0 Å². The van der Waals surface area contributed by atoms with E-state index in [1.54, 1.807) is 24.1 Å². The van der Waals surface area contributed by atoms with Crippen LogP contribution in [-0.4, -0.2) is 48.2 Å². The molecule has 3 aromatic rings. The summed E-state index contributed by atoms with van der Waals surface area (Å²) in [5, 5.41) is 8.17. The fourth-order valence-electron chi connectivity index (χ4n) is 3.14. The number of amides is 1. The fourth-order valence-corrected chi connectivity index (χ4v) is 3.92. The van der Waals surface area contributed by atoms with Crippen molar-refractivity contribution >= 4 is 23.4 Å². The van der Waals surface area contributed by atoms with Gasteiger partial charge >= 0.3 is 0 Å². The molecule has 1 unspecified atom stereocenters. The van der Waals surface area contributed by atoms with Crippen molar-refractivity contribution in [2.75, 3.05) is 31.8 Å². The summed E-state index contributed by atoms with van der Waals surface area (Å²) >= 11 is 1.21. The van der Waals surface area contributed by atoms with Gasteiger partial charge in [0.05, 0.1) is 25.1 Å². The van der Waals surface area contributed by atoms with Gasteiger partial charge in [0.1, 0.15) is 0 Å². The lowest BCUT2D eigenvalue weighted by atomic mass is 10.2. The van der Waals surface area contributed by atoms with E-state index >= 15 is 0 Å². The Balaban J connectivity index is 1.81. The number of rotatable bonds is 11. The molecule has 0 aliphatic carbocycles. The molecule has 0 aliphatic heterocycles. The maximum atomic E-state index is 12.8. The average Bonchev–Trinajstić information content (AvgIpc) is 3.29. The molecule has 176 valence electrons. The van der Waals surface area contributed by atoms with E-state index in [0.29, 0.717) is 53.7 Å². The maximum absolute atomic E-state index is 12.8. The first kappa shape index (κ1) is 24.4. The summed E-state index contributed by atoms with van der Waals surface area (Å²) in [4.78, 5) is 14.4. The second-order valence-corrected chi connectivity index (χ2v) is 8.26. The highest BCUT2D eigenvalue weighted by molar-refractivity contribution is 8.00. The zero-order valence-electron chi connectivity index (χ0n) is 19.5. The topological polar surface area (TPSA) is 86.9 Å². The quantitative estimate of drug-likeness (QED) is 0.358. The highest BCUT2D eigenvalue weighted by atomic mass is 32.2. The molecular formula is C24H29N3O5S. The molecule has 1 amide bonds. The first-order valence-corrected chi connectivity index (χ1v) is 11.8. The number of benzene rings is 2. The molecule has 33 heavy (non-hydrogen) atoms. The van der Waals surface area contributed by atoms with Crippen LogP contribution in [0.25, 0.3) is 11.5 Å². The van der Waals surface area contributed by atoms with Gasteiger partial charge in [0.25, 0.3) is 5.22 Å². The van der Waals surface area contributed by atoms with Crippen LogP contribution >= 0.6 is 11.8 Å². The van der Waals surface area contributed by atoms with E-state index in [4.69, 9.17) is 18.6 Å². The van der Waals surface area contributed by atoms with Crippen LogP contribution in [0.5, 0.6) is 17.2 Å². The SMILES string of the molecule is CCOc1cc(-c2nnc(SC(C)C(=O)N(C)c3ccccc3)o2)cc(OCC)c1OCC. The summed E-state index contributed by atoms with van der Waals surface area (Å²) in [6, 6.07) is 13.0. The molecule has 0 N–H and O–H groups in total. The number of ether oxygens (including phenoxy) is 3. The normalized spacial score (nSPS) is 11.7. The number of nitrogens with zero attached hydrogens (tertiary/aromatic N) is 3. The Hall–Kier alpha value is -3.20. The minimum Gasteiger partial charge on any atom is -0.490 e. The van der Waals surface area contributed by atoms with Crippen LogP contribution < -0.4 is 19.1 Å². The molecule has 0 radical (unpaired) electrons. The van der Waals surface area contributed by atoms with Crippen molar-refractivity contribution in [3.8, 4) is 28.7 Å². The number of aromatic nitrogens is 2.